The molecule has 1 aromatic heterocycles. The van der Waals surface area contributed by atoms with Crippen LogP contribution in [0.5, 0.6) is 5.75 Å². The molecule has 1 amide bonds. The fourth-order valence-corrected chi connectivity index (χ4v) is 3.06. The maximum absolute atomic E-state index is 12.4. The third kappa shape index (κ3) is 3.74. The smallest absolute Gasteiger partial charge is 0.228 e. The number of methoxy groups -OCH3 is 1. The number of anilines is 1. The van der Waals surface area contributed by atoms with Gasteiger partial charge in [-0.25, -0.2) is 4.98 Å². The number of aryl methyl sites for hydroxylation is 1. The average Bonchev–Trinajstić information content (AvgIpc) is 3.12. The lowest BCUT2D eigenvalue weighted by molar-refractivity contribution is -0.115. The van der Waals surface area contributed by atoms with Crippen LogP contribution in [0.4, 0.5) is 5.69 Å². The molecule has 3 aromatic carbocycles. The predicted octanol–water partition coefficient (Wildman–Crippen LogP) is 4.99. The SMILES string of the molecule is COc1ccc(CC(=O)Nc2ccc3nc(-c4ccccc4C)oc3c2)cc1. The van der Waals surface area contributed by atoms with Crippen molar-refractivity contribution in [2.45, 2.75) is 13.3 Å². The molecule has 0 aliphatic rings. The number of benzene rings is 3. The van der Waals surface area contributed by atoms with E-state index in [-0.39, 0.29) is 12.3 Å². The van der Waals surface area contributed by atoms with Gasteiger partial charge in [-0.05, 0) is 48.4 Å². The Morgan fingerprint density at radius 2 is 1.86 bits per heavy atom. The highest BCUT2D eigenvalue weighted by Crippen LogP contribution is 2.28. The number of amides is 1. The van der Waals surface area contributed by atoms with E-state index < -0.39 is 0 Å². The number of carbonyl (C=O) groups is 1. The van der Waals surface area contributed by atoms with Crippen LogP contribution in [0.25, 0.3) is 22.6 Å². The molecule has 4 rings (SSSR count). The molecule has 0 radical (unpaired) electrons. The zero-order chi connectivity index (χ0) is 19.5. The van der Waals surface area contributed by atoms with Crippen molar-refractivity contribution in [2.75, 3.05) is 12.4 Å². The summed E-state index contributed by atoms with van der Waals surface area (Å²) in [5.74, 6) is 1.25. The van der Waals surface area contributed by atoms with Crippen LogP contribution >= 0.6 is 0 Å². The fourth-order valence-electron chi connectivity index (χ4n) is 3.06. The minimum atomic E-state index is -0.0943. The Hall–Kier alpha value is -3.60. The van der Waals surface area contributed by atoms with Crippen LogP contribution in [0, 0.1) is 6.92 Å². The number of ether oxygens (including phenoxy) is 1. The summed E-state index contributed by atoms with van der Waals surface area (Å²) >= 11 is 0. The molecular formula is C23H20N2O3. The van der Waals surface area contributed by atoms with Gasteiger partial charge in [0.15, 0.2) is 5.58 Å². The summed E-state index contributed by atoms with van der Waals surface area (Å²) in [5, 5.41) is 2.91. The number of carbonyl (C=O) groups excluding carboxylic acids is 1. The summed E-state index contributed by atoms with van der Waals surface area (Å²) in [6.45, 7) is 2.02. The Morgan fingerprint density at radius 3 is 2.61 bits per heavy atom. The summed E-state index contributed by atoms with van der Waals surface area (Å²) < 4.78 is 11.1. The van der Waals surface area contributed by atoms with Gasteiger partial charge in [0.05, 0.1) is 13.5 Å². The summed E-state index contributed by atoms with van der Waals surface area (Å²) in [6.07, 6.45) is 0.285. The molecule has 0 spiro atoms. The van der Waals surface area contributed by atoms with E-state index in [1.54, 1.807) is 13.2 Å². The number of hydrogen-bond acceptors (Lipinski definition) is 4. The van der Waals surface area contributed by atoms with E-state index >= 15 is 0 Å². The third-order valence-corrected chi connectivity index (χ3v) is 4.57. The zero-order valence-electron chi connectivity index (χ0n) is 15.7. The number of aromatic nitrogens is 1. The topological polar surface area (TPSA) is 64.4 Å². The normalized spacial score (nSPS) is 10.8. The Kier molecular flexibility index (Phi) is 4.81. The highest BCUT2D eigenvalue weighted by atomic mass is 16.5. The molecule has 1 heterocycles. The molecule has 1 N–H and O–H groups in total. The first kappa shape index (κ1) is 17.8. The third-order valence-electron chi connectivity index (χ3n) is 4.57. The van der Waals surface area contributed by atoms with Crippen molar-refractivity contribution in [1.29, 1.82) is 0 Å². The van der Waals surface area contributed by atoms with E-state index in [4.69, 9.17) is 9.15 Å². The lowest BCUT2D eigenvalue weighted by Crippen LogP contribution is -2.14. The van der Waals surface area contributed by atoms with Gasteiger partial charge in [0, 0.05) is 17.3 Å². The number of rotatable bonds is 5. The van der Waals surface area contributed by atoms with E-state index in [0.717, 1.165) is 28.0 Å². The fraction of sp³-hybridized carbons (Fsp3) is 0.130. The van der Waals surface area contributed by atoms with Crippen LogP contribution in [-0.2, 0) is 11.2 Å². The Bertz CT molecular complexity index is 1130. The molecule has 5 nitrogen and oxygen atoms in total. The van der Waals surface area contributed by atoms with Crippen LogP contribution in [0.1, 0.15) is 11.1 Å². The molecule has 140 valence electrons. The van der Waals surface area contributed by atoms with Gasteiger partial charge in [-0.3, -0.25) is 4.79 Å². The van der Waals surface area contributed by atoms with Crippen molar-refractivity contribution in [2.24, 2.45) is 0 Å². The first-order chi connectivity index (χ1) is 13.6. The number of nitrogens with zero attached hydrogens (tertiary/aromatic N) is 1. The molecule has 0 unspecified atom stereocenters. The van der Waals surface area contributed by atoms with Crippen molar-refractivity contribution in [3.8, 4) is 17.2 Å². The first-order valence-corrected chi connectivity index (χ1v) is 9.02. The van der Waals surface area contributed by atoms with Gasteiger partial charge in [-0.1, -0.05) is 30.3 Å². The summed E-state index contributed by atoms with van der Waals surface area (Å²) in [7, 11) is 1.62. The van der Waals surface area contributed by atoms with Crippen molar-refractivity contribution in [1.82, 2.24) is 4.98 Å². The van der Waals surface area contributed by atoms with E-state index in [1.807, 2.05) is 67.6 Å². The minimum absolute atomic E-state index is 0.0943. The molecule has 0 aliphatic heterocycles. The molecule has 0 saturated heterocycles. The highest BCUT2D eigenvalue weighted by Gasteiger charge is 2.12. The lowest BCUT2D eigenvalue weighted by atomic mass is 10.1. The second-order valence-corrected chi connectivity index (χ2v) is 6.59. The molecule has 4 aromatic rings. The molecule has 0 aliphatic carbocycles. The van der Waals surface area contributed by atoms with Crippen LogP contribution in [-0.4, -0.2) is 18.0 Å². The van der Waals surface area contributed by atoms with Crippen LogP contribution in [0.15, 0.2) is 71.1 Å². The Morgan fingerprint density at radius 1 is 1.07 bits per heavy atom. The Labute approximate surface area is 163 Å². The van der Waals surface area contributed by atoms with Crippen molar-refractivity contribution < 1.29 is 13.9 Å². The van der Waals surface area contributed by atoms with Gasteiger partial charge in [0.1, 0.15) is 11.3 Å². The van der Waals surface area contributed by atoms with Gasteiger partial charge in [-0.2, -0.15) is 0 Å². The van der Waals surface area contributed by atoms with E-state index in [9.17, 15) is 4.79 Å². The van der Waals surface area contributed by atoms with Crippen molar-refractivity contribution in [3.05, 3.63) is 77.9 Å². The summed E-state index contributed by atoms with van der Waals surface area (Å²) in [6, 6.07) is 20.9. The minimum Gasteiger partial charge on any atom is -0.497 e. The average molecular weight is 372 g/mol. The number of nitrogens with one attached hydrogen (secondary N) is 1. The number of hydrogen-bond donors (Lipinski definition) is 1. The molecule has 5 heteroatoms. The predicted molar refractivity (Wildman–Crippen MR) is 110 cm³/mol. The highest BCUT2D eigenvalue weighted by molar-refractivity contribution is 5.94. The second-order valence-electron chi connectivity index (χ2n) is 6.59. The van der Waals surface area contributed by atoms with Crippen LogP contribution in [0.3, 0.4) is 0 Å². The van der Waals surface area contributed by atoms with Gasteiger partial charge in [-0.15, -0.1) is 0 Å². The summed E-state index contributed by atoms with van der Waals surface area (Å²) in [4.78, 5) is 16.9. The van der Waals surface area contributed by atoms with Crippen molar-refractivity contribution >= 4 is 22.7 Å². The monoisotopic (exact) mass is 372 g/mol. The maximum Gasteiger partial charge on any atom is 0.228 e. The van der Waals surface area contributed by atoms with Crippen LogP contribution < -0.4 is 10.1 Å². The lowest BCUT2D eigenvalue weighted by Gasteiger charge is -2.06. The number of fused-ring (bicyclic) bond motifs is 1. The van der Waals surface area contributed by atoms with E-state index in [0.29, 0.717) is 17.2 Å². The summed E-state index contributed by atoms with van der Waals surface area (Å²) in [5.41, 5.74) is 5.05. The van der Waals surface area contributed by atoms with E-state index in [1.165, 1.54) is 0 Å². The standard InChI is InChI=1S/C23H20N2O3/c1-15-5-3-4-6-19(15)23-25-20-12-9-17(14-21(20)28-23)24-22(26)13-16-7-10-18(27-2)11-8-16/h3-12,14H,13H2,1-2H3,(H,24,26). The van der Waals surface area contributed by atoms with Gasteiger partial charge < -0.3 is 14.5 Å². The quantitative estimate of drug-likeness (QED) is 0.536. The number of oxazole rings is 1. The second kappa shape index (κ2) is 7.56. The van der Waals surface area contributed by atoms with Gasteiger partial charge >= 0.3 is 0 Å². The first-order valence-electron chi connectivity index (χ1n) is 9.02. The molecule has 0 bridgehead atoms. The zero-order valence-corrected chi connectivity index (χ0v) is 15.7. The molecule has 0 fully saturated rings. The van der Waals surface area contributed by atoms with E-state index in [2.05, 4.69) is 10.3 Å². The molecular weight excluding hydrogens is 352 g/mol. The van der Waals surface area contributed by atoms with Gasteiger partial charge in [0.2, 0.25) is 11.8 Å². The largest absolute Gasteiger partial charge is 0.497 e. The van der Waals surface area contributed by atoms with Crippen molar-refractivity contribution in [3.63, 3.8) is 0 Å². The van der Waals surface area contributed by atoms with Gasteiger partial charge in [0.25, 0.3) is 0 Å². The molecule has 0 atom stereocenters. The molecule has 0 saturated carbocycles. The maximum atomic E-state index is 12.4. The molecule has 28 heavy (non-hydrogen) atoms. The van der Waals surface area contributed by atoms with Crippen LogP contribution in [0.2, 0.25) is 0 Å². The Balaban J connectivity index is 1.51.